The number of nitrogens with one attached hydrogen (secondary N) is 2. The number of nitrogens with zero attached hydrogens (tertiary/aromatic N) is 2. The van der Waals surface area contributed by atoms with E-state index in [1.807, 2.05) is 24.3 Å². The molecule has 2 N–H and O–H groups in total. The van der Waals surface area contributed by atoms with Crippen LogP contribution >= 0.6 is 0 Å². The van der Waals surface area contributed by atoms with Gasteiger partial charge in [-0.05, 0) is 49.2 Å². The molecule has 1 aromatic heterocycles. The van der Waals surface area contributed by atoms with Crippen molar-refractivity contribution in [3.05, 3.63) is 59.7 Å². The summed E-state index contributed by atoms with van der Waals surface area (Å²) < 4.78 is 38.0. The Bertz CT molecular complexity index is 1030. The van der Waals surface area contributed by atoms with Gasteiger partial charge in [0.2, 0.25) is 11.9 Å². The normalized spacial score (nSPS) is 15.4. The summed E-state index contributed by atoms with van der Waals surface area (Å²) in [5.74, 6) is -0.394. The Morgan fingerprint density at radius 2 is 1.70 bits per heavy atom. The smallest absolute Gasteiger partial charge is 0.339 e. The molecule has 3 aromatic rings. The van der Waals surface area contributed by atoms with E-state index in [9.17, 15) is 22.8 Å². The second-order valence-electron chi connectivity index (χ2n) is 7.23. The van der Waals surface area contributed by atoms with E-state index in [0.29, 0.717) is 31.9 Å². The van der Waals surface area contributed by atoms with Crippen molar-refractivity contribution in [2.75, 3.05) is 18.4 Å². The first kappa shape index (κ1) is 19.9. The molecule has 2 amide bonds. The fourth-order valence-corrected chi connectivity index (χ4v) is 3.56. The van der Waals surface area contributed by atoms with E-state index in [1.165, 1.54) is 12.1 Å². The van der Waals surface area contributed by atoms with Gasteiger partial charge in [-0.15, -0.1) is 0 Å². The highest BCUT2D eigenvalue weighted by molar-refractivity contribution is 5.95. The third-order valence-corrected chi connectivity index (χ3v) is 5.24. The Hall–Kier alpha value is -3.36. The van der Waals surface area contributed by atoms with Crippen LogP contribution in [0.3, 0.4) is 0 Å². The number of alkyl halides is 3. The Kier molecular flexibility index (Phi) is 5.19. The van der Waals surface area contributed by atoms with Gasteiger partial charge < -0.3 is 9.88 Å². The van der Waals surface area contributed by atoms with Crippen LogP contribution in [0.4, 0.5) is 19.1 Å². The minimum absolute atomic E-state index is 0.171. The van der Waals surface area contributed by atoms with Gasteiger partial charge >= 0.3 is 6.18 Å². The number of carbonyl (C=O) groups excluding carboxylic acids is 2. The van der Waals surface area contributed by atoms with E-state index < -0.39 is 11.7 Å². The average molecular weight is 416 g/mol. The molecule has 0 radical (unpaired) electrons. The number of aromatic nitrogens is 2. The van der Waals surface area contributed by atoms with Gasteiger partial charge in [-0.25, -0.2) is 4.98 Å². The number of piperidine rings is 1. The summed E-state index contributed by atoms with van der Waals surface area (Å²) in [6.07, 6.45) is -3.50. The van der Waals surface area contributed by atoms with Gasteiger partial charge in [-0.3, -0.25) is 14.9 Å². The number of benzene rings is 2. The maximum absolute atomic E-state index is 12.7. The summed E-state index contributed by atoms with van der Waals surface area (Å²) >= 11 is 0. The number of halogens is 3. The topological polar surface area (TPSA) is 78.1 Å². The summed E-state index contributed by atoms with van der Waals surface area (Å²) in [5, 5.41) is 2.78. The molecule has 4 rings (SSSR count). The second-order valence-corrected chi connectivity index (χ2v) is 7.23. The van der Waals surface area contributed by atoms with Crippen LogP contribution in [0.1, 0.15) is 28.8 Å². The monoisotopic (exact) mass is 416 g/mol. The molecular formula is C21H19F3N4O2. The molecule has 2 aromatic carbocycles. The second kappa shape index (κ2) is 7.81. The van der Waals surface area contributed by atoms with Gasteiger partial charge in [0.25, 0.3) is 5.91 Å². The van der Waals surface area contributed by atoms with Crippen LogP contribution < -0.4 is 5.32 Å². The molecule has 0 saturated carbocycles. The molecule has 2 heterocycles. The number of anilines is 1. The minimum Gasteiger partial charge on any atom is -0.339 e. The lowest BCUT2D eigenvalue weighted by Gasteiger charge is -2.31. The van der Waals surface area contributed by atoms with Crippen molar-refractivity contribution < 1.29 is 22.8 Å². The molecule has 0 atom stereocenters. The fraction of sp³-hybridized carbons (Fsp3) is 0.286. The number of amides is 2. The van der Waals surface area contributed by atoms with Gasteiger partial charge in [0.15, 0.2) is 0 Å². The number of H-pyrrole nitrogens is 1. The lowest BCUT2D eigenvalue weighted by atomic mass is 9.95. The van der Waals surface area contributed by atoms with E-state index in [1.54, 1.807) is 4.90 Å². The maximum atomic E-state index is 12.7. The SMILES string of the molecule is O=C(Nc1nc2ccccc2[nH]1)C1CCN(C(=O)c2ccc(C(F)(F)F)cc2)CC1. The first-order valence-corrected chi connectivity index (χ1v) is 9.53. The van der Waals surface area contributed by atoms with Crippen molar-refractivity contribution in [2.45, 2.75) is 19.0 Å². The largest absolute Gasteiger partial charge is 0.416 e. The Labute approximate surface area is 170 Å². The van der Waals surface area contributed by atoms with Crippen LogP contribution in [0, 0.1) is 5.92 Å². The third-order valence-electron chi connectivity index (χ3n) is 5.24. The van der Waals surface area contributed by atoms with Gasteiger partial charge in [-0.1, -0.05) is 12.1 Å². The zero-order valence-electron chi connectivity index (χ0n) is 15.9. The first-order valence-electron chi connectivity index (χ1n) is 9.53. The lowest BCUT2D eigenvalue weighted by Crippen LogP contribution is -2.41. The van der Waals surface area contributed by atoms with Crippen LogP contribution in [0.2, 0.25) is 0 Å². The van der Waals surface area contributed by atoms with Crippen LogP contribution in [-0.2, 0) is 11.0 Å². The summed E-state index contributed by atoms with van der Waals surface area (Å²) in [4.78, 5) is 34.0. The van der Waals surface area contributed by atoms with Crippen LogP contribution in [0.15, 0.2) is 48.5 Å². The van der Waals surface area contributed by atoms with Crippen molar-refractivity contribution in [1.29, 1.82) is 0 Å². The quantitative estimate of drug-likeness (QED) is 0.676. The number of imidazole rings is 1. The number of hydrogen-bond donors (Lipinski definition) is 2. The molecule has 0 spiro atoms. The number of fused-ring (bicyclic) bond motifs is 1. The van der Waals surface area contributed by atoms with Gasteiger partial charge in [0.1, 0.15) is 0 Å². The average Bonchev–Trinajstić information content (AvgIpc) is 3.15. The zero-order chi connectivity index (χ0) is 21.3. The third kappa shape index (κ3) is 4.14. The van der Waals surface area contributed by atoms with Gasteiger partial charge in [-0.2, -0.15) is 13.2 Å². The van der Waals surface area contributed by atoms with Crippen molar-refractivity contribution in [3.63, 3.8) is 0 Å². The van der Waals surface area contributed by atoms with E-state index in [2.05, 4.69) is 15.3 Å². The van der Waals surface area contributed by atoms with Crippen LogP contribution in [0.5, 0.6) is 0 Å². The van der Waals surface area contributed by atoms with Crippen LogP contribution in [0.25, 0.3) is 11.0 Å². The number of hydrogen-bond acceptors (Lipinski definition) is 3. The molecule has 1 aliphatic rings. The molecule has 0 unspecified atom stereocenters. The fourth-order valence-electron chi connectivity index (χ4n) is 3.56. The number of para-hydroxylation sites is 2. The molecule has 1 aliphatic heterocycles. The first-order chi connectivity index (χ1) is 14.3. The number of likely N-dealkylation sites (tertiary alicyclic amines) is 1. The standard InChI is InChI=1S/C21H19F3N4O2/c22-21(23,24)15-7-5-14(6-8-15)19(30)28-11-9-13(10-12-28)18(29)27-20-25-16-3-1-2-4-17(16)26-20/h1-8,13H,9-12H2,(H2,25,26,27,29). The van der Waals surface area contributed by atoms with E-state index in [0.717, 1.165) is 23.2 Å². The highest BCUT2D eigenvalue weighted by atomic mass is 19.4. The molecule has 0 aliphatic carbocycles. The number of rotatable bonds is 3. The molecule has 30 heavy (non-hydrogen) atoms. The molecule has 9 heteroatoms. The maximum Gasteiger partial charge on any atom is 0.416 e. The molecule has 6 nitrogen and oxygen atoms in total. The van der Waals surface area contributed by atoms with Crippen molar-refractivity contribution in [3.8, 4) is 0 Å². The summed E-state index contributed by atoms with van der Waals surface area (Å²) in [6, 6.07) is 11.6. The summed E-state index contributed by atoms with van der Waals surface area (Å²) in [6.45, 7) is 0.718. The van der Waals surface area contributed by atoms with Gasteiger partial charge in [0, 0.05) is 24.6 Å². The van der Waals surface area contributed by atoms with Crippen molar-refractivity contribution in [2.24, 2.45) is 5.92 Å². The van der Waals surface area contributed by atoms with E-state index >= 15 is 0 Å². The predicted molar refractivity (Wildman–Crippen MR) is 105 cm³/mol. The van der Waals surface area contributed by atoms with Crippen LogP contribution in [-0.4, -0.2) is 39.8 Å². The summed E-state index contributed by atoms with van der Waals surface area (Å²) in [5.41, 5.74) is 0.989. The lowest BCUT2D eigenvalue weighted by molar-refractivity contribution is -0.137. The molecule has 156 valence electrons. The Morgan fingerprint density at radius 1 is 1.03 bits per heavy atom. The van der Waals surface area contributed by atoms with E-state index in [4.69, 9.17) is 0 Å². The number of aromatic amines is 1. The molecule has 0 bridgehead atoms. The summed E-state index contributed by atoms with van der Waals surface area (Å²) in [7, 11) is 0. The van der Waals surface area contributed by atoms with Gasteiger partial charge in [0.05, 0.1) is 16.6 Å². The zero-order valence-corrected chi connectivity index (χ0v) is 15.9. The molecule has 1 saturated heterocycles. The van der Waals surface area contributed by atoms with E-state index in [-0.39, 0.29) is 23.3 Å². The highest BCUT2D eigenvalue weighted by Crippen LogP contribution is 2.29. The number of carbonyl (C=O) groups is 2. The van der Waals surface area contributed by atoms with Crippen molar-refractivity contribution in [1.82, 2.24) is 14.9 Å². The predicted octanol–water partition coefficient (Wildman–Crippen LogP) is 4.07. The molecule has 1 fully saturated rings. The van der Waals surface area contributed by atoms with Crippen molar-refractivity contribution >= 4 is 28.8 Å². The highest BCUT2D eigenvalue weighted by Gasteiger charge is 2.31. The Balaban J connectivity index is 1.33. The minimum atomic E-state index is -4.44. The Morgan fingerprint density at radius 3 is 2.33 bits per heavy atom. The molecular weight excluding hydrogens is 397 g/mol.